The Kier molecular flexibility index (Phi) is 3.19. The van der Waals surface area contributed by atoms with Gasteiger partial charge in [0.2, 0.25) is 0 Å². The number of rotatable bonds is 3. The highest BCUT2D eigenvalue weighted by atomic mass is 19.2. The molecule has 0 saturated carbocycles. The standard InChI is InChI=1S/C12H13F2N3/c1-17-7-8(6-16-17)4-12(15)9-2-3-10(13)11(14)5-9/h2-3,5-7,12H,4,15H2,1H3. The summed E-state index contributed by atoms with van der Waals surface area (Å²) in [5.41, 5.74) is 7.47. The molecule has 2 aromatic rings. The normalized spacial score (nSPS) is 12.7. The molecule has 0 aliphatic heterocycles. The van der Waals surface area contributed by atoms with E-state index in [0.717, 1.165) is 17.7 Å². The molecule has 0 fully saturated rings. The molecular weight excluding hydrogens is 224 g/mol. The van der Waals surface area contributed by atoms with E-state index in [1.165, 1.54) is 6.07 Å². The van der Waals surface area contributed by atoms with E-state index in [2.05, 4.69) is 5.10 Å². The van der Waals surface area contributed by atoms with Gasteiger partial charge in [0.25, 0.3) is 0 Å². The van der Waals surface area contributed by atoms with Crippen LogP contribution in [-0.2, 0) is 13.5 Å². The van der Waals surface area contributed by atoms with E-state index in [1.807, 2.05) is 13.2 Å². The summed E-state index contributed by atoms with van der Waals surface area (Å²) in [6.07, 6.45) is 4.10. The number of hydrogen-bond donors (Lipinski definition) is 1. The Hall–Kier alpha value is -1.75. The molecule has 3 nitrogen and oxygen atoms in total. The lowest BCUT2D eigenvalue weighted by Crippen LogP contribution is -2.13. The molecule has 1 atom stereocenters. The molecule has 2 rings (SSSR count). The van der Waals surface area contributed by atoms with Crippen LogP contribution in [0.3, 0.4) is 0 Å². The molecule has 1 aromatic heterocycles. The number of nitrogens with two attached hydrogens (primary N) is 1. The van der Waals surface area contributed by atoms with Crippen LogP contribution in [-0.4, -0.2) is 9.78 Å². The first-order valence-electron chi connectivity index (χ1n) is 5.24. The Balaban J connectivity index is 2.14. The Morgan fingerprint density at radius 2 is 2.12 bits per heavy atom. The van der Waals surface area contributed by atoms with Gasteiger partial charge in [0.05, 0.1) is 6.20 Å². The maximum Gasteiger partial charge on any atom is 0.159 e. The molecular formula is C12H13F2N3. The van der Waals surface area contributed by atoms with Crippen LogP contribution in [0.2, 0.25) is 0 Å². The van der Waals surface area contributed by atoms with Crippen molar-refractivity contribution in [3.8, 4) is 0 Å². The Morgan fingerprint density at radius 3 is 2.71 bits per heavy atom. The van der Waals surface area contributed by atoms with E-state index in [0.29, 0.717) is 12.0 Å². The molecule has 1 heterocycles. The van der Waals surface area contributed by atoms with Crippen molar-refractivity contribution in [1.29, 1.82) is 0 Å². The van der Waals surface area contributed by atoms with Gasteiger partial charge in [0.15, 0.2) is 11.6 Å². The first-order valence-corrected chi connectivity index (χ1v) is 5.24. The molecule has 1 unspecified atom stereocenters. The van der Waals surface area contributed by atoms with E-state index in [-0.39, 0.29) is 6.04 Å². The highest BCUT2D eigenvalue weighted by molar-refractivity contribution is 5.23. The van der Waals surface area contributed by atoms with Gasteiger partial charge in [-0.2, -0.15) is 5.10 Å². The molecule has 90 valence electrons. The number of benzene rings is 1. The summed E-state index contributed by atoms with van der Waals surface area (Å²) >= 11 is 0. The van der Waals surface area contributed by atoms with Crippen molar-refractivity contribution >= 4 is 0 Å². The molecule has 0 aliphatic carbocycles. The van der Waals surface area contributed by atoms with Crippen LogP contribution in [0.4, 0.5) is 8.78 Å². The molecule has 0 aliphatic rings. The summed E-state index contributed by atoms with van der Waals surface area (Å²) in [6, 6.07) is 3.36. The second-order valence-electron chi connectivity index (χ2n) is 4.01. The Bertz CT molecular complexity index is 522. The fourth-order valence-corrected chi connectivity index (χ4v) is 1.69. The van der Waals surface area contributed by atoms with Gasteiger partial charge in [-0.1, -0.05) is 6.07 Å². The van der Waals surface area contributed by atoms with Gasteiger partial charge in [0, 0.05) is 19.3 Å². The van der Waals surface area contributed by atoms with Crippen molar-refractivity contribution in [2.45, 2.75) is 12.5 Å². The SMILES string of the molecule is Cn1cc(CC(N)c2ccc(F)c(F)c2)cn1. The maximum absolute atomic E-state index is 13.0. The number of aryl methyl sites for hydroxylation is 1. The van der Waals surface area contributed by atoms with Crippen molar-refractivity contribution in [3.05, 3.63) is 53.4 Å². The maximum atomic E-state index is 13.0. The average Bonchev–Trinajstić information content (AvgIpc) is 2.68. The number of aromatic nitrogens is 2. The van der Waals surface area contributed by atoms with Gasteiger partial charge in [-0.15, -0.1) is 0 Å². The van der Waals surface area contributed by atoms with Crippen LogP contribution in [0.5, 0.6) is 0 Å². The van der Waals surface area contributed by atoms with E-state index in [9.17, 15) is 8.78 Å². The molecule has 2 N–H and O–H groups in total. The summed E-state index contributed by atoms with van der Waals surface area (Å²) in [4.78, 5) is 0. The van der Waals surface area contributed by atoms with Crippen LogP contribution in [0, 0.1) is 11.6 Å². The number of halogens is 2. The second kappa shape index (κ2) is 4.63. The smallest absolute Gasteiger partial charge is 0.159 e. The van der Waals surface area contributed by atoms with E-state index in [4.69, 9.17) is 5.73 Å². The molecule has 5 heteroatoms. The third-order valence-corrected chi connectivity index (χ3v) is 2.59. The van der Waals surface area contributed by atoms with Crippen molar-refractivity contribution in [3.63, 3.8) is 0 Å². The zero-order valence-corrected chi connectivity index (χ0v) is 9.40. The quantitative estimate of drug-likeness (QED) is 0.886. The third kappa shape index (κ3) is 2.68. The molecule has 0 radical (unpaired) electrons. The van der Waals surface area contributed by atoms with E-state index < -0.39 is 11.6 Å². The van der Waals surface area contributed by atoms with Crippen molar-refractivity contribution in [1.82, 2.24) is 9.78 Å². The number of hydrogen-bond acceptors (Lipinski definition) is 2. The van der Waals surface area contributed by atoms with Gasteiger partial charge in [0.1, 0.15) is 0 Å². The van der Waals surface area contributed by atoms with Gasteiger partial charge in [-0.05, 0) is 29.7 Å². The predicted octanol–water partition coefficient (Wildman–Crippen LogP) is 1.94. The summed E-state index contributed by atoms with van der Waals surface area (Å²) < 4.78 is 27.5. The summed E-state index contributed by atoms with van der Waals surface area (Å²) in [5, 5.41) is 4.02. The van der Waals surface area contributed by atoms with Crippen LogP contribution in [0.25, 0.3) is 0 Å². The lowest BCUT2D eigenvalue weighted by molar-refractivity contribution is 0.505. The zero-order chi connectivity index (χ0) is 12.4. The van der Waals surface area contributed by atoms with E-state index in [1.54, 1.807) is 10.9 Å². The predicted molar refractivity (Wildman–Crippen MR) is 60.2 cm³/mol. The second-order valence-corrected chi connectivity index (χ2v) is 4.01. The van der Waals surface area contributed by atoms with Crippen LogP contribution in [0.1, 0.15) is 17.2 Å². The summed E-state index contributed by atoms with van der Waals surface area (Å²) in [6.45, 7) is 0. The van der Waals surface area contributed by atoms with Crippen molar-refractivity contribution < 1.29 is 8.78 Å². The topological polar surface area (TPSA) is 43.8 Å². The van der Waals surface area contributed by atoms with Gasteiger partial charge in [-0.25, -0.2) is 8.78 Å². The Labute approximate surface area is 97.9 Å². The fraction of sp³-hybridized carbons (Fsp3) is 0.250. The average molecular weight is 237 g/mol. The first-order chi connectivity index (χ1) is 8.06. The largest absolute Gasteiger partial charge is 0.324 e. The summed E-state index contributed by atoms with van der Waals surface area (Å²) in [5.74, 6) is -1.73. The monoisotopic (exact) mass is 237 g/mol. The minimum atomic E-state index is -0.871. The first kappa shape index (κ1) is 11.7. The van der Waals surface area contributed by atoms with Crippen LogP contribution in [0.15, 0.2) is 30.6 Å². The highest BCUT2D eigenvalue weighted by Gasteiger charge is 2.11. The molecule has 0 spiro atoms. The van der Waals surface area contributed by atoms with Gasteiger partial charge < -0.3 is 5.73 Å². The van der Waals surface area contributed by atoms with Gasteiger partial charge in [-0.3, -0.25) is 4.68 Å². The molecule has 0 amide bonds. The molecule has 1 aromatic carbocycles. The van der Waals surface area contributed by atoms with Crippen molar-refractivity contribution in [2.75, 3.05) is 0 Å². The number of nitrogens with zero attached hydrogens (tertiary/aromatic N) is 2. The highest BCUT2D eigenvalue weighted by Crippen LogP contribution is 2.18. The fourth-order valence-electron chi connectivity index (χ4n) is 1.69. The molecule has 0 saturated heterocycles. The Morgan fingerprint density at radius 1 is 1.35 bits per heavy atom. The lowest BCUT2D eigenvalue weighted by Gasteiger charge is -2.10. The lowest BCUT2D eigenvalue weighted by atomic mass is 10.0. The minimum Gasteiger partial charge on any atom is -0.324 e. The third-order valence-electron chi connectivity index (χ3n) is 2.59. The van der Waals surface area contributed by atoms with Crippen LogP contribution < -0.4 is 5.73 Å². The molecule has 0 bridgehead atoms. The van der Waals surface area contributed by atoms with Gasteiger partial charge >= 0.3 is 0 Å². The summed E-state index contributed by atoms with van der Waals surface area (Å²) in [7, 11) is 1.81. The van der Waals surface area contributed by atoms with E-state index >= 15 is 0 Å². The van der Waals surface area contributed by atoms with Crippen LogP contribution >= 0.6 is 0 Å². The van der Waals surface area contributed by atoms with Crippen molar-refractivity contribution in [2.24, 2.45) is 12.8 Å². The molecule has 17 heavy (non-hydrogen) atoms. The zero-order valence-electron chi connectivity index (χ0n) is 9.40. The minimum absolute atomic E-state index is 0.366.